The monoisotopic (exact) mass is 470 g/mol. The second-order valence-electron chi connectivity index (χ2n) is 9.94. The first-order chi connectivity index (χ1) is 16.7. The van der Waals surface area contributed by atoms with E-state index in [1.54, 1.807) is 23.3 Å². The Hall–Kier alpha value is -3.71. The van der Waals surface area contributed by atoms with Gasteiger partial charge in [-0.2, -0.15) is 5.10 Å². The topological polar surface area (TPSA) is 80.0 Å². The zero-order valence-corrected chi connectivity index (χ0v) is 20.3. The fraction of sp³-hybridized carbons (Fsp3) is 0.321. The van der Waals surface area contributed by atoms with Crippen molar-refractivity contribution in [2.45, 2.75) is 50.9 Å². The molecule has 35 heavy (non-hydrogen) atoms. The highest BCUT2D eigenvalue weighted by Gasteiger charge is 2.46. The number of ether oxygens (including phenoxy) is 1. The molecule has 1 fully saturated rings. The molecule has 1 unspecified atom stereocenters. The van der Waals surface area contributed by atoms with E-state index in [0.717, 1.165) is 27.9 Å². The van der Waals surface area contributed by atoms with Crippen LogP contribution in [0.2, 0.25) is 0 Å². The Morgan fingerprint density at radius 1 is 1.09 bits per heavy atom. The quantitative estimate of drug-likeness (QED) is 0.411. The smallest absolute Gasteiger partial charge is 0.411 e. The lowest BCUT2D eigenvalue weighted by atomic mass is 9.80. The Bertz CT molecular complexity index is 1330. The second-order valence-corrected chi connectivity index (χ2v) is 9.94. The molecule has 0 bridgehead atoms. The van der Waals surface area contributed by atoms with Crippen molar-refractivity contribution in [3.8, 4) is 11.1 Å². The van der Waals surface area contributed by atoms with Crippen LogP contribution in [-0.4, -0.2) is 42.8 Å². The van der Waals surface area contributed by atoms with Gasteiger partial charge in [0.25, 0.3) is 0 Å². The predicted octanol–water partition coefficient (Wildman–Crippen LogP) is 5.36. The number of hydrogen-bond donors (Lipinski definition) is 1. The molecule has 1 amide bonds. The Kier molecular flexibility index (Phi) is 5.81. The number of carbonyl (C=O) groups excluding carboxylic acids is 1. The molecule has 1 N–H and O–H groups in total. The van der Waals surface area contributed by atoms with Gasteiger partial charge in [-0.3, -0.25) is 0 Å². The molecule has 1 aliphatic heterocycles. The molecule has 2 aromatic heterocycles. The number of hydrogen-bond acceptors (Lipinski definition) is 5. The van der Waals surface area contributed by atoms with Crippen molar-refractivity contribution in [2.75, 3.05) is 6.54 Å². The number of rotatable bonds is 6. The number of pyridine rings is 1. The highest BCUT2D eigenvalue weighted by Crippen LogP contribution is 2.42. The Morgan fingerprint density at radius 2 is 1.83 bits per heavy atom. The van der Waals surface area contributed by atoms with Crippen LogP contribution in [0.25, 0.3) is 16.8 Å². The van der Waals surface area contributed by atoms with Gasteiger partial charge in [-0.15, -0.1) is 0 Å². The number of benzene rings is 2. The van der Waals surface area contributed by atoms with Crippen LogP contribution in [0, 0.1) is 0 Å². The number of cyclic esters (lactones) is 1. The van der Waals surface area contributed by atoms with E-state index < -0.39 is 11.2 Å². The first-order valence-corrected chi connectivity index (χ1v) is 11.9. The maximum atomic E-state index is 13.3. The lowest BCUT2D eigenvalue weighted by molar-refractivity contribution is -0.101. The van der Waals surface area contributed by atoms with Crippen molar-refractivity contribution in [2.24, 2.45) is 0 Å². The number of nitrogens with zero attached hydrogens (tertiary/aromatic N) is 4. The molecule has 2 aromatic carbocycles. The number of amides is 1. The van der Waals surface area contributed by atoms with Gasteiger partial charge in [0.05, 0.1) is 11.6 Å². The van der Waals surface area contributed by atoms with Crippen LogP contribution in [0.15, 0.2) is 79.3 Å². The molecule has 0 saturated carbocycles. The number of aliphatic hydroxyl groups is 1. The van der Waals surface area contributed by atoms with E-state index in [0.29, 0.717) is 19.4 Å². The van der Waals surface area contributed by atoms with E-state index in [-0.39, 0.29) is 12.1 Å². The lowest BCUT2D eigenvalue weighted by Gasteiger charge is -2.45. The standard InChI is InChI=1S/C28H30N4O3/c1-20(21-9-11-22(12-10-21)23-13-15-32-25(17-23)29-19-30-32)31-16-14-28(35-26(31)33,18-27(2,3)34)24-7-5-4-6-8-24/h4-13,15,17,19-20,34H,14,16,18H2,1-3H3/t20-,28?/m0/s1. The van der Waals surface area contributed by atoms with E-state index in [9.17, 15) is 9.90 Å². The molecule has 180 valence electrons. The Balaban J connectivity index is 1.35. The molecule has 3 heterocycles. The van der Waals surface area contributed by atoms with E-state index in [1.165, 1.54) is 6.33 Å². The molecule has 1 saturated heterocycles. The zero-order valence-electron chi connectivity index (χ0n) is 20.3. The first-order valence-electron chi connectivity index (χ1n) is 11.9. The van der Waals surface area contributed by atoms with Crippen molar-refractivity contribution >= 4 is 11.7 Å². The number of aromatic nitrogens is 3. The average molecular weight is 471 g/mol. The van der Waals surface area contributed by atoms with Gasteiger partial charge in [0.2, 0.25) is 0 Å². The molecule has 2 atom stereocenters. The summed E-state index contributed by atoms with van der Waals surface area (Å²) in [5.74, 6) is 0. The van der Waals surface area contributed by atoms with Gasteiger partial charge in [0.15, 0.2) is 5.65 Å². The van der Waals surface area contributed by atoms with Gasteiger partial charge in [0.1, 0.15) is 11.9 Å². The molecule has 7 heteroatoms. The van der Waals surface area contributed by atoms with Crippen LogP contribution in [0.5, 0.6) is 0 Å². The minimum atomic E-state index is -0.977. The average Bonchev–Trinajstić information content (AvgIpc) is 3.31. The Labute approximate surface area is 205 Å². The van der Waals surface area contributed by atoms with Crippen LogP contribution in [0.1, 0.15) is 50.8 Å². The first kappa shape index (κ1) is 23.1. The maximum Gasteiger partial charge on any atom is 0.411 e. The predicted molar refractivity (Wildman–Crippen MR) is 134 cm³/mol. The lowest BCUT2D eigenvalue weighted by Crippen LogP contribution is -2.51. The number of carbonyl (C=O) groups is 1. The molecular formula is C28H30N4O3. The summed E-state index contributed by atoms with van der Waals surface area (Å²) in [6.45, 7) is 6.06. The summed E-state index contributed by atoms with van der Waals surface area (Å²) in [5, 5.41) is 14.7. The molecule has 7 nitrogen and oxygen atoms in total. The fourth-order valence-corrected chi connectivity index (χ4v) is 5.02. The SMILES string of the molecule is C[C@@H](c1ccc(-c2ccn3ncnc3c2)cc1)N1CCC(CC(C)(C)O)(c2ccccc2)OC1=O. The zero-order chi connectivity index (χ0) is 24.6. The maximum absolute atomic E-state index is 13.3. The molecule has 0 spiro atoms. The van der Waals surface area contributed by atoms with E-state index in [2.05, 4.69) is 34.3 Å². The van der Waals surface area contributed by atoms with Crippen LogP contribution >= 0.6 is 0 Å². The highest BCUT2D eigenvalue weighted by atomic mass is 16.6. The van der Waals surface area contributed by atoms with Crippen molar-refractivity contribution in [1.29, 1.82) is 0 Å². The minimum Gasteiger partial charge on any atom is -0.438 e. The minimum absolute atomic E-state index is 0.147. The summed E-state index contributed by atoms with van der Waals surface area (Å²) >= 11 is 0. The summed E-state index contributed by atoms with van der Waals surface area (Å²) in [5.41, 5.74) is 3.04. The van der Waals surface area contributed by atoms with Crippen LogP contribution in [-0.2, 0) is 10.3 Å². The highest BCUT2D eigenvalue weighted by molar-refractivity contribution is 5.71. The van der Waals surface area contributed by atoms with Crippen molar-refractivity contribution < 1.29 is 14.6 Å². The van der Waals surface area contributed by atoms with Crippen LogP contribution in [0.4, 0.5) is 4.79 Å². The molecule has 4 aromatic rings. The molecule has 1 aliphatic rings. The summed E-state index contributed by atoms with van der Waals surface area (Å²) < 4.78 is 7.86. The number of fused-ring (bicyclic) bond motifs is 1. The summed E-state index contributed by atoms with van der Waals surface area (Å²) in [6, 6.07) is 21.8. The molecule has 5 rings (SSSR count). The molecular weight excluding hydrogens is 440 g/mol. The van der Waals surface area contributed by atoms with E-state index in [1.807, 2.05) is 55.6 Å². The Morgan fingerprint density at radius 3 is 2.51 bits per heavy atom. The van der Waals surface area contributed by atoms with Crippen molar-refractivity contribution in [3.05, 3.63) is 90.4 Å². The van der Waals surface area contributed by atoms with Gasteiger partial charge < -0.3 is 14.7 Å². The van der Waals surface area contributed by atoms with Gasteiger partial charge in [-0.1, -0.05) is 54.6 Å². The van der Waals surface area contributed by atoms with E-state index in [4.69, 9.17) is 4.74 Å². The second kappa shape index (κ2) is 8.82. The summed E-state index contributed by atoms with van der Waals surface area (Å²) in [6.07, 6.45) is 4.01. The third kappa shape index (κ3) is 4.64. The summed E-state index contributed by atoms with van der Waals surface area (Å²) in [7, 11) is 0. The normalized spacial score (nSPS) is 19.5. The van der Waals surface area contributed by atoms with Crippen LogP contribution in [0.3, 0.4) is 0 Å². The van der Waals surface area contributed by atoms with Crippen molar-refractivity contribution in [1.82, 2.24) is 19.5 Å². The molecule has 0 aliphatic carbocycles. The van der Waals surface area contributed by atoms with Crippen LogP contribution < -0.4 is 0 Å². The van der Waals surface area contributed by atoms with Gasteiger partial charge in [-0.25, -0.2) is 14.3 Å². The van der Waals surface area contributed by atoms with Gasteiger partial charge in [0, 0.05) is 25.6 Å². The van der Waals surface area contributed by atoms with Gasteiger partial charge in [-0.05, 0) is 55.2 Å². The molecule has 0 radical (unpaired) electrons. The largest absolute Gasteiger partial charge is 0.438 e. The third-order valence-electron chi connectivity index (χ3n) is 6.77. The van der Waals surface area contributed by atoms with Crippen molar-refractivity contribution in [3.63, 3.8) is 0 Å². The van der Waals surface area contributed by atoms with Gasteiger partial charge >= 0.3 is 6.09 Å². The summed E-state index contributed by atoms with van der Waals surface area (Å²) in [4.78, 5) is 19.3. The fourth-order valence-electron chi connectivity index (χ4n) is 5.02. The third-order valence-corrected chi connectivity index (χ3v) is 6.77. The van der Waals surface area contributed by atoms with E-state index >= 15 is 0 Å².